The van der Waals surface area contributed by atoms with Crippen LogP contribution in [0.25, 0.3) is 0 Å². The molecule has 2 N–H and O–H groups in total. The number of carbonyl (C=O) groups is 1. The number of rotatable bonds is 5. The lowest BCUT2D eigenvalue weighted by Crippen LogP contribution is -2.20. The van der Waals surface area contributed by atoms with Gasteiger partial charge in [0.2, 0.25) is 5.95 Å². The zero-order chi connectivity index (χ0) is 14.5. The highest BCUT2D eigenvalue weighted by molar-refractivity contribution is 5.85. The van der Waals surface area contributed by atoms with E-state index in [9.17, 15) is 9.18 Å². The van der Waals surface area contributed by atoms with Crippen molar-refractivity contribution in [2.24, 2.45) is 0 Å². The van der Waals surface area contributed by atoms with Gasteiger partial charge in [-0.05, 0) is 37.1 Å². The van der Waals surface area contributed by atoms with Crippen molar-refractivity contribution in [3.05, 3.63) is 53.6 Å². The van der Waals surface area contributed by atoms with E-state index in [-0.39, 0.29) is 23.5 Å². The average molecular weight is 275 g/mol. The van der Waals surface area contributed by atoms with Gasteiger partial charge in [0, 0.05) is 12.2 Å². The number of aromatic nitrogens is 2. The lowest BCUT2D eigenvalue weighted by atomic mass is 10.1. The molecule has 2 rings (SSSR count). The number of carboxylic acids is 1. The van der Waals surface area contributed by atoms with Gasteiger partial charge in [0.05, 0.1) is 0 Å². The summed E-state index contributed by atoms with van der Waals surface area (Å²) in [7, 11) is 0. The maximum atomic E-state index is 12.8. The van der Waals surface area contributed by atoms with Crippen molar-refractivity contribution in [3.63, 3.8) is 0 Å². The molecule has 1 unspecified atom stereocenters. The second-order valence-electron chi connectivity index (χ2n) is 4.45. The number of anilines is 1. The molecule has 0 fully saturated rings. The molecule has 2 aromatic rings. The Bertz CT molecular complexity index is 602. The van der Waals surface area contributed by atoms with E-state index in [1.54, 1.807) is 12.1 Å². The van der Waals surface area contributed by atoms with Crippen LogP contribution in [0, 0.1) is 5.82 Å². The van der Waals surface area contributed by atoms with Crippen LogP contribution in [-0.4, -0.2) is 27.1 Å². The van der Waals surface area contributed by atoms with Crippen LogP contribution in [0.5, 0.6) is 0 Å². The first-order chi connectivity index (χ1) is 9.54. The summed E-state index contributed by atoms with van der Waals surface area (Å²) < 4.78 is 12.8. The fourth-order valence-electron chi connectivity index (χ4n) is 1.79. The van der Waals surface area contributed by atoms with Crippen LogP contribution in [0.2, 0.25) is 0 Å². The number of nitrogens with one attached hydrogen (secondary N) is 1. The molecular weight excluding hydrogens is 261 g/mol. The second-order valence-corrected chi connectivity index (χ2v) is 4.45. The molecular formula is C14H14FN3O2. The van der Waals surface area contributed by atoms with Crippen molar-refractivity contribution < 1.29 is 14.3 Å². The van der Waals surface area contributed by atoms with Gasteiger partial charge in [-0.2, -0.15) is 0 Å². The number of hydrogen-bond acceptors (Lipinski definition) is 4. The lowest BCUT2D eigenvalue weighted by molar-refractivity contribution is 0.0690. The standard InChI is InChI=1S/C14H14FN3O2/c1-9(8-10-2-4-11(15)5-3-10)17-14-16-7-6-12(18-14)13(19)20/h2-7,9H,8H2,1H3,(H,19,20)(H,16,17,18). The van der Waals surface area contributed by atoms with Gasteiger partial charge in [-0.25, -0.2) is 19.2 Å². The van der Waals surface area contributed by atoms with E-state index in [0.717, 1.165) is 5.56 Å². The minimum absolute atomic E-state index is 0.00972. The van der Waals surface area contributed by atoms with Gasteiger partial charge in [-0.3, -0.25) is 0 Å². The van der Waals surface area contributed by atoms with Crippen molar-refractivity contribution in [1.29, 1.82) is 0 Å². The summed E-state index contributed by atoms with van der Waals surface area (Å²) in [6.07, 6.45) is 2.05. The lowest BCUT2D eigenvalue weighted by Gasteiger charge is -2.13. The number of hydrogen-bond donors (Lipinski definition) is 2. The highest BCUT2D eigenvalue weighted by Gasteiger charge is 2.09. The van der Waals surface area contributed by atoms with Crippen molar-refractivity contribution in [3.8, 4) is 0 Å². The maximum absolute atomic E-state index is 12.8. The van der Waals surface area contributed by atoms with Gasteiger partial charge in [0.1, 0.15) is 5.82 Å². The monoisotopic (exact) mass is 275 g/mol. The van der Waals surface area contributed by atoms with Crippen LogP contribution in [0.1, 0.15) is 23.0 Å². The van der Waals surface area contributed by atoms with Gasteiger partial charge in [-0.1, -0.05) is 12.1 Å². The molecule has 0 amide bonds. The normalized spacial score (nSPS) is 11.9. The highest BCUT2D eigenvalue weighted by Crippen LogP contribution is 2.09. The Labute approximate surface area is 115 Å². The Morgan fingerprint density at radius 3 is 2.70 bits per heavy atom. The van der Waals surface area contributed by atoms with Crippen molar-refractivity contribution >= 4 is 11.9 Å². The van der Waals surface area contributed by atoms with Crippen LogP contribution in [0.3, 0.4) is 0 Å². The molecule has 5 nitrogen and oxygen atoms in total. The fourth-order valence-corrected chi connectivity index (χ4v) is 1.79. The van der Waals surface area contributed by atoms with E-state index in [4.69, 9.17) is 5.11 Å². The molecule has 1 heterocycles. The molecule has 1 atom stereocenters. The summed E-state index contributed by atoms with van der Waals surface area (Å²) in [5, 5.41) is 11.9. The number of aromatic carboxylic acids is 1. The third-order valence-electron chi connectivity index (χ3n) is 2.71. The van der Waals surface area contributed by atoms with Gasteiger partial charge < -0.3 is 10.4 Å². The third kappa shape index (κ3) is 3.74. The van der Waals surface area contributed by atoms with Crippen LogP contribution < -0.4 is 5.32 Å². The van der Waals surface area contributed by atoms with Crippen molar-refractivity contribution in [2.75, 3.05) is 5.32 Å². The van der Waals surface area contributed by atoms with E-state index in [1.165, 1.54) is 24.4 Å². The third-order valence-corrected chi connectivity index (χ3v) is 2.71. The molecule has 0 bridgehead atoms. The molecule has 1 aromatic heterocycles. The van der Waals surface area contributed by atoms with E-state index >= 15 is 0 Å². The number of nitrogens with zero attached hydrogens (tertiary/aromatic N) is 2. The summed E-state index contributed by atoms with van der Waals surface area (Å²) in [5.74, 6) is -1.10. The second kappa shape index (κ2) is 6.10. The summed E-state index contributed by atoms with van der Waals surface area (Å²) in [5.41, 5.74) is 0.914. The Balaban J connectivity index is 2.00. The average Bonchev–Trinajstić information content (AvgIpc) is 2.41. The molecule has 20 heavy (non-hydrogen) atoms. The summed E-state index contributed by atoms with van der Waals surface area (Å²) in [6.45, 7) is 1.92. The molecule has 0 saturated heterocycles. The highest BCUT2D eigenvalue weighted by atomic mass is 19.1. The largest absolute Gasteiger partial charge is 0.477 e. The molecule has 0 spiro atoms. The SMILES string of the molecule is CC(Cc1ccc(F)cc1)Nc1nccc(C(=O)O)n1. The zero-order valence-corrected chi connectivity index (χ0v) is 10.9. The Morgan fingerprint density at radius 1 is 1.35 bits per heavy atom. The van der Waals surface area contributed by atoms with Crippen LogP contribution >= 0.6 is 0 Å². The van der Waals surface area contributed by atoms with Gasteiger partial charge in [0.25, 0.3) is 0 Å². The van der Waals surface area contributed by atoms with Crippen LogP contribution in [0.4, 0.5) is 10.3 Å². The van der Waals surface area contributed by atoms with Gasteiger partial charge in [-0.15, -0.1) is 0 Å². The van der Waals surface area contributed by atoms with Crippen molar-refractivity contribution in [1.82, 2.24) is 9.97 Å². The van der Waals surface area contributed by atoms with E-state index in [0.29, 0.717) is 6.42 Å². The Morgan fingerprint density at radius 2 is 2.05 bits per heavy atom. The van der Waals surface area contributed by atoms with Crippen molar-refractivity contribution in [2.45, 2.75) is 19.4 Å². The molecule has 0 aliphatic rings. The molecule has 0 radical (unpaired) electrons. The van der Waals surface area contributed by atoms with Crippen LogP contribution in [-0.2, 0) is 6.42 Å². The molecule has 0 saturated carbocycles. The fraction of sp³-hybridized carbons (Fsp3) is 0.214. The molecule has 1 aromatic carbocycles. The first kappa shape index (κ1) is 13.9. The number of carboxylic acid groups (broad SMARTS) is 1. The number of halogens is 1. The zero-order valence-electron chi connectivity index (χ0n) is 10.9. The maximum Gasteiger partial charge on any atom is 0.354 e. The molecule has 104 valence electrons. The first-order valence-electron chi connectivity index (χ1n) is 6.12. The Hall–Kier alpha value is -2.50. The van der Waals surface area contributed by atoms with E-state index in [2.05, 4.69) is 15.3 Å². The topological polar surface area (TPSA) is 75.1 Å². The van der Waals surface area contributed by atoms with Gasteiger partial charge >= 0.3 is 5.97 Å². The predicted octanol–water partition coefficient (Wildman–Crippen LogP) is 2.36. The summed E-state index contributed by atoms with van der Waals surface area (Å²) >= 11 is 0. The van der Waals surface area contributed by atoms with E-state index in [1.807, 2.05) is 6.92 Å². The van der Waals surface area contributed by atoms with Crippen LogP contribution in [0.15, 0.2) is 36.5 Å². The minimum atomic E-state index is -1.10. The summed E-state index contributed by atoms with van der Waals surface area (Å²) in [6, 6.07) is 7.56. The summed E-state index contributed by atoms with van der Waals surface area (Å²) in [4.78, 5) is 18.7. The first-order valence-corrected chi connectivity index (χ1v) is 6.12. The Kier molecular flexibility index (Phi) is 4.24. The molecule has 0 aliphatic heterocycles. The van der Waals surface area contributed by atoms with E-state index < -0.39 is 5.97 Å². The minimum Gasteiger partial charge on any atom is -0.477 e. The molecule has 0 aliphatic carbocycles. The molecule has 6 heteroatoms. The predicted molar refractivity (Wildman–Crippen MR) is 72.2 cm³/mol. The number of benzene rings is 1. The smallest absolute Gasteiger partial charge is 0.354 e. The quantitative estimate of drug-likeness (QED) is 0.876. The van der Waals surface area contributed by atoms with Gasteiger partial charge in [0.15, 0.2) is 5.69 Å².